The Kier molecular flexibility index (Phi) is 7.17. The molecule has 0 saturated carbocycles. The van der Waals surface area contributed by atoms with E-state index in [1.54, 1.807) is 19.4 Å². The summed E-state index contributed by atoms with van der Waals surface area (Å²) in [6, 6.07) is 7.66. The normalized spacial score (nSPS) is 10.9. The number of benzene rings is 1. The first-order chi connectivity index (χ1) is 14.8. The molecule has 8 nitrogen and oxygen atoms in total. The number of rotatable bonds is 8. The van der Waals surface area contributed by atoms with Crippen molar-refractivity contribution in [2.45, 2.75) is 39.4 Å². The van der Waals surface area contributed by atoms with Crippen LogP contribution in [0.15, 0.2) is 40.1 Å². The van der Waals surface area contributed by atoms with Gasteiger partial charge in [0.1, 0.15) is 0 Å². The molecule has 9 heteroatoms. The van der Waals surface area contributed by atoms with Gasteiger partial charge < -0.3 is 14.6 Å². The van der Waals surface area contributed by atoms with Crippen molar-refractivity contribution in [2.24, 2.45) is 0 Å². The fraction of sp³-hybridized carbons (Fsp3) is 0.364. The summed E-state index contributed by atoms with van der Waals surface area (Å²) in [6.07, 6.45) is 1.58. The molecule has 31 heavy (non-hydrogen) atoms. The molecule has 0 bridgehead atoms. The minimum atomic E-state index is -0.229. The molecule has 0 aliphatic heterocycles. The third-order valence-corrected chi connectivity index (χ3v) is 5.80. The summed E-state index contributed by atoms with van der Waals surface area (Å²) < 4.78 is 7.30. The van der Waals surface area contributed by atoms with Gasteiger partial charge in [-0.25, -0.2) is 0 Å². The van der Waals surface area contributed by atoms with Crippen LogP contribution in [0.25, 0.3) is 11.6 Å². The van der Waals surface area contributed by atoms with E-state index in [0.29, 0.717) is 23.3 Å². The highest BCUT2D eigenvalue weighted by atomic mass is 32.2. The van der Waals surface area contributed by atoms with Gasteiger partial charge in [0.25, 0.3) is 0 Å². The molecule has 1 aromatic carbocycles. The van der Waals surface area contributed by atoms with Crippen LogP contribution in [0.3, 0.4) is 0 Å². The van der Waals surface area contributed by atoms with Crippen molar-refractivity contribution in [3.8, 4) is 11.6 Å². The zero-order chi connectivity index (χ0) is 22.5. The van der Waals surface area contributed by atoms with Crippen molar-refractivity contribution < 1.29 is 14.0 Å². The van der Waals surface area contributed by atoms with Gasteiger partial charge in [0.05, 0.1) is 18.6 Å². The molecule has 0 saturated heterocycles. The van der Waals surface area contributed by atoms with Gasteiger partial charge in [-0.3, -0.25) is 14.2 Å². The molecule has 0 radical (unpaired) electrons. The van der Waals surface area contributed by atoms with E-state index in [9.17, 15) is 9.59 Å². The van der Waals surface area contributed by atoms with Crippen molar-refractivity contribution in [3.63, 3.8) is 0 Å². The Morgan fingerprint density at radius 3 is 2.52 bits per heavy atom. The fourth-order valence-electron chi connectivity index (χ4n) is 3.36. The summed E-state index contributed by atoms with van der Waals surface area (Å²) in [5.41, 5.74) is 3.95. The highest BCUT2D eigenvalue weighted by Crippen LogP contribution is 2.25. The summed E-state index contributed by atoms with van der Waals surface area (Å²) in [6.45, 7) is 8.54. The molecule has 3 aromatic rings. The summed E-state index contributed by atoms with van der Waals surface area (Å²) in [4.78, 5) is 26.5. The fourth-order valence-corrected chi connectivity index (χ4v) is 4.31. The molecule has 0 fully saturated rings. The van der Waals surface area contributed by atoms with Crippen LogP contribution in [0.2, 0.25) is 0 Å². The molecule has 1 N–H and O–H groups in total. The van der Waals surface area contributed by atoms with Gasteiger partial charge in [0.2, 0.25) is 11.8 Å². The summed E-state index contributed by atoms with van der Waals surface area (Å²) in [5, 5.41) is 11.9. The number of nitrogens with zero attached hydrogens (tertiary/aromatic N) is 4. The predicted octanol–water partition coefficient (Wildman–Crippen LogP) is 3.67. The van der Waals surface area contributed by atoms with Crippen molar-refractivity contribution in [1.29, 1.82) is 0 Å². The molecule has 0 aliphatic rings. The maximum atomic E-state index is 12.6. The van der Waals surface area contributed by atoms with Gasteiger partial charge in [-0.15, -0.1) is 10.2 Å². The maximum Gasteiger partial charge on any atom is 0.243 e. The molecule has 0 aliphatic carbocycles. The van der Waals surface area contributed by atoms with Gasteiger partial charge >= 0.3 is 0 Å². The lowest BCUT2D eigenvalue weighted by atomic mass is 10.1. The number of carbonyl (C=O) groups excluding carboxylic acids is 2. The van der Waals surface area contributed by atoms with Crippen molar-refractivity contribution >= 4 is 29.3 Å². The zero-order valence-corrected chi connectivity index (χ0v) is 19.2. The molecule has 164 valence electrons. The summed E-state index contributed by atoms with van der Waals surface area (Å²) >= 11 is 1.29. The summed E-state index contributed by atoms with van der Waals surface area (Å²) in [5.74, 6) is 1.01. The predicted molar refractivity (Wildman–Crippen MR) is 121 cm³/mol. The zero-order valence-electron chi connectivity index (χ0n) is 18.4. The number of thioether (sulfide) groups is 1. The number of furan rings is 1. The van der Waals surface area contributed by atoms with E-state index in [4.69, 9.17) is 4.42 Å². The van der Waals surface area contributed by atoms with Crippen LogP contribution in [-0.2, 0) is 16.1 Å². The Bertz CT molecular complexity index is 1050. The van der Waals surface area contributed by atoms with Gasteiger partial charge in [-0.2, -0.15) is 0 Å². The molecule has 2 amide bonds. The molecular formula is C22H27N5O3S. The van der Waals surface area contributed by atoms with E-state index in [0.717, 1.165) is 22.4 Å². The first kappa shape index (κ1) is 22.6. The highest BCUT2D eigenvalue weighted by Gasteiger charge is 2.19. The van der Waals surface area contributed by atoms with E-state index in [2.05, 4.69) is 15.5 Å². The Hall–Kier alpha value is -3.07. The van der Waals surface area contributed by atoms with E-state index in [-0.39, 0.29) is 24.1 Å². The molecule has 0 unspecified atom stereocenters. The largest absolute Gasteiger partial charge is 0.461 e. The monoisotopic (exact) mass is 441 g/mol. The SMILES string of the molecule is CCn1c(SCC(=O)N(C)CC(=O)Nc2c(C)cc(C)cc2C)nnc1-c1ccco1. The number of carbonyl (C=O) groups is 2. The van der Waals surface area contributed by atoms with Gasteiger partial charge in [-0.05, 0) is 51.0 Å². The second-order valence-electron chi connectivity index (χ2n) is 7.39. The second kappa shape index (κ2) is 9.82. The Labute approximate surface area is 186 Å². The topological polar surface area (TPSA) is 93.3 Å². The highest BCUT2D eigenvalue weighted by molar-refractivity contribution is 7.99. The lowest BCUT2D eigenvalue weighted by Crippen LogP contribution is -2.36. The number of hydrogen-bond donors (Lipinski definition) is 1. The molecule has 0 spiro atoms. The number of aromatic nitrogens is 3. The Morgan fingerprint density at radius 1 is 1.19 bits per heavy atom. The molecule has 2 aromatic heterocycles. The van der Waals surface area contributed by atoms with Crippen LogP contribution in [0.1, 0.15) is 23.6 Å². The minimum Gasteiger partial charge on any atom is -0.461 e. The Balaban J connectivity index is 1.57. The van der Waals surface area contributed by atoms with Gasteiger partial charge in [-0.1, -0.05) is 29.5 Å². The van der Waals surface area contributed by atoms with Gasteiger partial charge in [0, 0.05) is 19.3 Å². The van der Waals surface area contributed by atoms with Crippen LogP contribution in [-0.4, -0.2) is 50.8 Å². The lowest BCUT2D eigenvalue weighted by molar-refractivity contribution is -0.131. The van der Waals surface area contributed by atoms with Crippen molar-refractivity contribution in [3.05, 3.63) is 47.2 Å². The van der Waals surface area contributed by atoms with Gasteiger partial charge in [0.15, 0.2) is 16.7 Å². The maximum absolute atomic E-state index is 12.6. The van der Waals surface area contributed by atoms with Crippen LogP contribution < -0.4 is 5.32 Å². The van der Waals surface area contributed by atoms with Crippen LogP contribution in [0, 0.1) is 20.8 Å². The van der Waals surface area contributed by atoms with E-state index >= 15 is 0 Å². The van der Waals surface area contributed by atoms with Crippen LogP contribution in [0.4, 0.5) is 5.69 Å². The van der Waals surface area contributed by atoms with E-state index < -0.39 is 0 Å². The average molecular weight is 442 g/mol. The number of anilines is 1. The second-order valence-corrected chi connectivity index (χ2v) is 8.33. The molecule has 2 heterocycles. The smallest absolute Gasteiger partial charge is 0.243 e. The third kappa shape index (κ3) is 5.35. The van der Waals surface area contributed by atoms with Crippen LogP contribution >= 0.6 is 11.8 Å². The van der Waals surface area contributed by atoms with E-state index in [1.165, 1.54) is 16.7 Å². The number of amides is 2. The quantitative estimate of drug-likeness (QED) is 0.536. The number of hydrogen-bond acceptors (Lipinski definition) is 6. The molecule has 3 rings (SSSR count). The van der Waals surface area contributed by atoms with E-state index in [1.807, 2.05) is 50.5 Å². The molecule has 0 atom stereocenters. The summed E-state index contributed by atoms with van der Waals surface area (Å²) in [7, 11) is 1.62. The van der Waals surface area contributed by atoms with Crippen molar-refractivity contribution in [1.82, 2.24) is 19.7 Å². The average Bonchev–Trinajstić information content (AvgIpc) is 3.37. The number of nitrogens with one attached hydrogen (secondary N) is 1. The van der Waals surface area contributed by atoms with Crippen molar-refractivity contribution in [2.75, 3.05) is 24.7 Å². The number of aryl methyl sites for hydroxylation is 3. The molecular weight excluding hydrogens is 414 g/mol. The minimum absolute atomic E-state index is 0.0235. The Morgan fingerprint density at radius 2 is 1.90 bits per heavy atom. The third-order valence-electron chi connectivity index (χ3n) is 4.85. The first-order valence-electron chi connectivity index (χ1n) is 10.0. The number of likely N-dealkylation sites (N-methyl/N-ethyl adjacent to an activating group) is 1. The first-order valence-corrected chi connectivity index (χ1v) is 11.0. The standard InChI is InChI=1S/C22H27N5O3S/c1-6-27-21(17-8-7-9-30-17)24-25-22(27)31-13-19(29)26(5)12-18(28)23-20-15(3)10-14(2)11-16(20)4/h7-11H,6,12-13H2,1-5H3,(H,23,28). The van der Waals surface area contributed by atoms with Crippen LogP contribution in [0.5, 0.6) is 0 Å². The lowest BCUT2D eigenvalue weighted by Gasteiger charge is -2.18.